The Morgan fingerprint density at radius 1 is 1.89 bits per heavy atom. The van der Waals surface area contributed by atoms with Gasteiger partial charge in [-0.2, -0.15) is 0 Å². The summed E-state index contributed by atoms with van der Waals surface area (Å²) in [5.41, 5.74) is -0.531. The van der Waals surface area contributed by atoms with Crippen LogP contribution in [0.1, 0.15) is 6.42 Å². The van der Waals surface area contributed by atoms with Crippen LogP contribution in [0.2, 0.25) is 0 Å². The van der Waals surface area contributed by atoms with Gasteiger partial charge in [0.15, 0.2) is 5.60 Å². The third kappa shape index (κ3) is 0.535. The molecule has 1 aliphatic carbocycles. The number of carbonyl (C=O) groups excluding carboxylic acids is 1. The molecule has 2 fully saturated rings. The van der Waals surface area contributed by atoms with Crippen molar-refractivity contribution in [3.05, 3.63) is 0 Å². The molecule has 9 heavy (non-hydrogen) atoms. The fourth-order valence-corrected chi connectivity index (χ4v) is 1.05. The lowest BCUT2D eigenvalue weighted by Crippen LogP contribution is -2.19. The summed E-state index contributed by atoms with van der Waals surface area (Å²) < 4.78 is 4.77. The Morgan fingerprint density at radius 2 is 2.56 bits per heavy atom. The van der Waals surface area contributed by atoms with E-state index in [0.29, 0.717) is 13.0 Å². The molecule has 2 unspecified atom stereocenters. The van der Waals surface area contributed by atoms with E-state index in [1.165, 1.54) is 0 Å². The zero-order valence-corrected chi connectivity index (χ0v) is 4.76. The standard InChI is InChI=1S/C5H7NO3/c7-3-1-5(3)2-6-4(8)9-5/h3,7H,1-2H2,(H,6,8). The molecule has 2 rings (SSSR count). The van der Waals surface area contributed by atoms with Gasteiger partial charge in [-0.25, -0.2) is 4.79 Å². The molecule has 1 heterocycles. The molecule has 0 aromatic carbocycles. The highest BCUT2D eigenvalue weighted by molar-refractivity contribution is 5.71. The molecule has 0 aromatic rings. The van der Waals surface area contributed by atoms with Crippen LogP contribution in [-0.4, -0.2) is 29.4 Å². The summed E-state index contributed by atoms with van der Waals surface area (Å²) in [6.45, 7) is 0.465. The van der Waals surface area contributed by atoms with Crippen molar-refractivity contribution in [3.8, 4) is 0 Å². The van der Waals surface area contributed by atoms with Crippen molar-refractivity contribution >= 4 is 6.09 Å². The van der Waals surface area contributed by atoms with E-state index in [0.717, 1.165) is 0 Å². The van der Waals surface area contributed by atoms with Gasteiger partial charge in [0.05, 0.1) is 12.6 Å². The van der Waals surface area contributed by atoms with Crippen LogP contribution >= 0.6 is 0 Å². The van der Waals surface area contributed by atoms with Crippen LogP contribution in [0.3, 0.4) is 0 Å². The highest BCUT2D eigenvalue weighted by Gasteiger charge is 2.60. The Bertz CT molecular complexity index is 170. The van der Waals surface area contributed by atoms with Crippen molar-refractivity contribution in [2.24, 2.45) is 0 Å². The SMILES string of the molecule is O=C1NCC2(CC2O)O1. The van der Waals surface area contributed by atoms with Crippen molar-refractivity contribution in [2.75, 3.05) is 6.54 Å². The number of aliphatic hydroxyl groups is 1. The lowest BCUT2D eigenvalue weighted by molar-refractivity contribution is 0.0898. The second-order valence-corrected chi connectivity index (χ2v) is 2.53. The van der Waals surface area contributed by atoms with E-state index >= 15 is 0 Å². The number of amides is 1. The van der Waals surface area contributed by atoms with Gasteiger partial charge < -0.3 is 15.2 Å². The number of nitrogens with one attached hydrogen (secondary N) is 1. The summed E-state index contributed by atoms with van der Waals surface area (Å²) >= 11 is 0. The minimum atomic E-state index is -0.531. The molecule has 0 radical (unpaired) electrons. The first kappa shape index (κ1) is 5.05. The van der Waals surface area contributed by atoms with Crippen LogP contribution in [0.5, 0.6) is 0 Å². The second-order valence-electron chi connectivity index (χ2n) is 2.53. The van der Waals surface area contributed by atoms with Gasteiger partial charge in [-0.3, -0.25) is 0 Å². The van der Waals surface area contributed by atoms with Crippen molar-refractivity contribution in [1.82, 2.24) is 5.32 Å². The minimum absolute atomic E-state index is 0.411. The molecule has 2 atom stereocenters. The van der Waals surface area contributed by atoms with Crippen LogP contribution in [0.4, 0.5) is 4.79 Å². The molecular formula is C5H7NO3. The molecule has 50 valence electrons. The summed E-state index contributed by atoms with van der Waals surface area (Å²) in [5, 5.41) is 11.4. The van der Waals surface area contributed by atoms with Gasteiger partial charge in [0, 0.05) is 6.42 Å². The zero-order valence-electron chi connectivity index (χ0n) is 4.76. The number of alkyl carbamates (subject to hydrolysis) is 1. The van der Waals surface area contributed by atoms with Crippen molar-refractivity contribution in [3.63, 3.8) is 0 Å². The van der Waals surface area contributed by atoms with Gasteiger partial charge in [-0.05, 0) is 0 Å². The molecule has 0 bridgehead atoms. The van der Waals surface area contributed by atoms with Gasteiger partial charge in [0.2, 0.25) is 0 Å². The Hall–Kier alpha value is -0.770. The predicted octanol–water partition coefficient (Wildman–Crippen LogP) is -0.770. The third-order valence-electron chi connectivity index (χ3n) is 1.81. The van der Waals surface area contributed by atoms with E-state index in [1.807, 2.05) is 0 Å². The molecule has 2 aliphatic rings. The maximum absolute atomic E-state index is 10.4. The van der Waals surface area contributed by atoms with Gasteiger partial charge in [0.25, 0.3) is 0 Å². The predicted molar refractivity (Wildman–Crippen MR) is 27.8 cm³/mol. The van der Waals surface area contributed by atoms with Gasteiger partial charge in [-0.15, -0.1) is 0 Å². The first-order chi connectivity index (χ1) is 4.23. The zero-order chi connectivity index (χ0) is 6.48. The number of hydrogen-bond acceptors (Lipinski definition) is 3. The monoisotopic (exact) mass is 129 g/mol. The quantitative estimate of drug-likeness (QED) is 0.451. The molecule has 0 aromatic heterocycles. The topological polar surface area (TPSA) is 58.6 Å². The molecule has 1 amide bonds. The Kier molecular flexibility index (Phi) is 0.679. The van der Waals surface area contributed by atoms with Crippen molar-refractivity contribution < 1.29 is 14.6 Å². The largest absolute Gasteiger partial charge is 0.438 e. The number of rotatable bonds is 0. The first-order valence-electron chi connectivity index (χ1n) is 2.88. The first-order valence-corrected chi connectivity index (χ1v) is 2.88. The lowest BCUT2D eigenvalue weighted by atomic mass is 10.3. The Labute approximate surface area is 51.8 Å². The fourth-order valence-electron chi connectivity index (χ4n) is 1.05. The van der Waals surface area contributed by atoms with Crippen LogP contribution in [0.15, 0.2) is 0 Å². The molecule has 1 saturated heterocycles. The number of aliphatic hydroxyl groups excluding tert-OH is 1. The smallest absolute Gasteiger partial charge is 0.407 e. The highest BCUT2D eigenvalue weighted by Crippen LogP contribution is 2.41. The van der Waals surface area contributed by atoms with Gasteiger partial charge in [-0.1, -0.05) is 0 Å². The summed E-state index contributed by atoms with van der Waals surface area (Å²) in [6, 6.07) is 0. The van der Waals surface area contributed by atoms with Crippen molar-refractivity contribution in [1.29, 1.82) is 0 Å². The number of ether oxygens (including phenoxy) is 1. The van der Waals surface area contributed by atoms with E-state index < -0.39 is 17.8 Å². The van der Waals surface area contributed by atoms with E-state index in [9.17, 15) is 4.79 Å². The summed E-state index contributed by atoms with van der Waals surface area (Å²) in [4.78, 5) is 10.4. The molecule has 2 N–H and O–H groups in total. The van der Waals surface area contributed by atoms with E-state index in [4.69, 9.17) is 9.84 Å². The normalized spacial score (nSPS) is 46.8. The maximum atomic E-state index is 10.4. The molecule has 1 aliphatic heterocycles. The van der Waals surface area contributed by atoms with Gasteiger partial charge >= 0.3 is 6.09 Å². The summed E-state index contributed by atoms with van der Waals surface area (Å²) in [6.07, 6.45) is -0.255. The average Bonchev–Trinajstić information content (AvgIpc) is 2.17. The van der Waals surface area contributed by atoms with E-state index in [2.05, 4.69) is 5.32 Å². The second kappa shape index (κ2) is 1.21. The lowest BCUT2D eigenvalue weighted by Gasteiger charge is -2.00. The molecule has 4 heteroatoms. The van der Waals surface area contributed by atoms with E-state index in [-0.39, 0.29) is 0 Å². The fraction of sp³-hybridized carbons (Fsp3) is 0.800. The molecule has 1 spiro atoms. The molecular weight excluding hydrogens is 122 g/mol. The van der Waals surface area contributed by atoms with Crippen LogP contribution in [0, 0.1) is 0 Å². The molecule has 4 nitrogen and oxygen atoms in total. The minimum Gasteiger partial charge on any atom is -0.438 e. The highest BCUT2D eigenvalue weighted by atomic mass is 16.6. The Balaban J connectivity index is 2.11. The van der Waals surface area contributed by atoms with E-state index in [1.54, 1.807) is 0 Å². The summed E-state index contributed by atoms with van der Waals surface area (Å²) in [7, 11) is 0. The van der Waals surface area contributed by atoms with Gasteiger partial charge in [0.1, 0.15) is 0 Å². The van der Waals surface area contributed by atoms with Crippen molar-refractivity contribution in [2.45, 2.75) is 18.1 Å². The third-order valence-corrected chi connectivity index (χ3v) is 1.81. The molecule has 1 saturated carbocycles. The Morgan fingerprint density at radius 3 is 2.78 bits per heavy atom. The van der Waals surface area contributed by atoms with Crippen LogP contribution < -0.4 is 5.32 Å². The van der Waals surface area contributed by atoms with Crippen LogP contribution in [0.25, 0.3) is 0 Å². The maximum Gasteiger partial charge on any atom is 0.407 e. The number of hydrogen-bond donors (Lipinski definition) is 2. The summed E-state index contributed by atoms with van der Waals surface area (Å²) in [5.74, 6) is 0. The number of carbonyl (C=O) groups is 1. The average molecular weight is 129 g/mol. The van der Waals surface area contributed by atoms with Crippen LogP contribution in [-0.2, 0) is 4.74 Å².